The first kappa shape index (κ1) is 17.5. The van der Waals surface area contributed by atoms with Crippen LogP contribution < -0.4 is 5.73 Å². The number of allylic oxidation sites excluding steroid dienone is 2. The number of rotatable bonds is 2. The average molecular weight is 373 g/mol. The summed E-state index contributed by atoms with van der Waals surface area (Å²) in [5, 5.41) is 13.7. The zero-order chi connectivity index (χ0) is 19.3. The minimum absolute atomic E-state index is 0.172. The summed E-state index contributed by atoms with van der Waals surface area (Å²) in [6, 6.07) is 3.65. The number of pyridine rings is 1. The molecule has 0 radical (unpaired) electrons. The molecule has 0 bridgehead atoms. The Labute approximate surface area is 153 Å². The maximum absolute atomic E-state index is 13.2. The number of halogens is 3. The monoisotopic (exact) mass is 373 g/mol. The van der Waals surface area contributed by atoms with Gasteiger partial charge in [-0.15, -0.1) is 0 Å². The van der Waals surface area contributed by atoms with Gasteiger partial charge in [0.25, 0.3) is 0 Å². The summed E-state index contributed by atoms with van der Waals surface area (Å²) in [5.74, 6) is 0. The molecule has 1 aromatic carbocycles. The third-order valence-corrected chi connectivity index (χ3v) is 5.19. The summed E-state index contributed by atoms with van der Waals surface area (Å²) in [5.41, 5.74) is 7.18. The molecule has 0 amide bonds. The van der Waals surface area contributed by atoms with Crippen LogP contribution in [0.5, 0.6) is 0 Å². The number of aryl methyl sites for hydroxylation is 2. The van der Waals surface area contributed by atoms with E-state index in [9.17, 15) is 13.2 Å². The van der Waals surface area contributed by atoms with Gasteiger partial charge in [0.05, 0.1) is 22.9 Å². The Bertz CT molecular complexity index is 1110. The van der Waals surface area contributed by atoms with Crippen molar-refractivity contribution < 1.29 is 13.2 Å². The van der Waals surface area contributed by atoms with Crippen LogP contribution in [-0.4, -0.2) is 27.2 Å². The number of hydrogen-bond donors (Lipinski definition) is 2. The van der Waals surface area contributed by atoms with Crippen molar-refractivity contribution in [2.45, 2.75) is 31.9 Å². The van der Waals surface area contributed by atoms with Gasteiger partial charge in [-0.3, -0.25) is 4.68 Å². The lowest BCUT2D eigenvalue weighted by Gasteiger charge is -2.23. The van der Waals surface area contributed by atoms with E-state index in [2.05, 4.69) is 10.1 Å². The molecule has 8 heteroatoms. The number of nitrogens with one attached hydrogen (secondary N) is 1. The van der Waals surface area contributed by atoms with Crippen LogP contribution in [0.1, 0.15) is 29.7 Å². The van der Waals surface area contributed by atoms with Crippen molar-refractivity contribution in [3.05, 3.63) is 40.8 Å². The zero-order valence-corrected chi connectivity index (χ0v) is 14.7. The second-order valence-electron chi connectivity index (χ2n) is 6.75. The molecule has 0 atom stereocenters. The third kappa shape index (κ3) is 2.67. The van der Waals surface area contributed by atoms with E-state index in [0.29, 0.717) is 18.2 Å². The van der Waals surface area contributed by atoms with Gasteiger partial charge < -0.3 is 11.1 Å². The normalized spacial score (nSPS) is 15.7. The fourth-order valence-electron chi connectivity index (χ4n) is 3.91. The second-order valence-corrected chi connectivity index (χ2v) is 6.75. The first-order valence-electron chi connectivity index (χ1n) is 8.67. The molecule has 27 heavy (non-hydrogen) atoms. The smallest absolute Gasteiger partial charge is 0.394 e. The Morgan fingerprint density at radius 3 is 2.59 bits per heavy atom. The van der Waals surface area contributed by atoms with Gasteiger partial charge in [0, 0.05) is 29.6 Å². The molecule has 1 aliphatic rings. The largest absolute Gasteiger partial charge is 0.431 e. The molecular formula is C19H18F3N5. The Kier molecular flexibility index (Phi) is 3.94. The van der Waals surface area contributed by atoms with E-state index in [1.54, 1.807) is 16.9 Å². The van der Waals surface area contributed by atoms with Crippen LogP contribution in [0.2, 0.25) is 0 Å². The number of benzene rings is 1. The quantitative estimate of drug-likeness (QED) is 0.669. The van der Waals surface area contributed by atoms with E-state index >= 15 is 0 Å². The van der Waals surface area contributed by atoms with Gasteiger partial charge in [0.2, 0.25) is 0 Å². The molecule has 3 N–H and O–H groups in total. The van der Waals surface area contributed by atoms with E-state index < -0.39 is 11.9 Å². The van der Waals surface area contributed by atoms with E-state index in [4.69, 9.17) is 11.1 Å². The molecule has 5 nitrogen and oxygen atoms in total. The van der Waals surface area contributed by atoms with E-state index in [1.807, 2.05) is 13.1 Å². The minimum atomic E-state index is -4.71. The Hall–Kier alpha value is -2.90. The number of fused-ring (bicyclic) bond motifs is 5. The topological polar surface area (TPSA) is 80.6 Å². The fraction of sp³-hybridized carbons (Fsp3) is 0.316. The van der Waals surface area contributed by atoms with Crippen LogP contribution in [-0.2, 0) is 19.9 Å². The van der Waals surface area contributed by atoms with Crippen molar-refractivity contribution in [1.29, 1.82) is 5.41 Å². The standard InChI is InChI=1S/C19H18F3N5/c1-27-15-7-6-14-16(13(15)9-25-27)10-4-2-3-5-11(10)17(26-14)12(8-23)18(24)19(20,21)22/h6-9,23H,2-5,24H2,1H3. The average Bonchev–Trinajstić information content (AvgIpc) is 3.02. The molecule has 1 aliphatic carbocycles. The molecule has 2 aromatic heterocycles. The zero-order valence-electron chi connectivity index (χ0n) is 14.7. The third-order valence-electron chi connectivity index (χ3n) is 5.19. The second kappa shape index (κ2) is 6.07. The van der Waals surface area contributed by atoms with Gasteiger partial charge >= 0.3 is 6.18 Å². The van der Waals surface area contributed by atoms with Gasteiger partial charge in [-0.05, 0) is 48.9 Å². The van der Waals surface area contributed by atoms with Crippen LogP contribution >= 0.6 is 0 Å². The molecule has 0 fully saturated rings. The molecular weight excluding hydrogens is 355 g/mol. The predicted octanol–water partition coefficient (Wildman–Crippen LogP) is 3.88. The minimum Gasteiger partial charge on any atom is -0.394 e. The summed E-state index contributed by atoms with van der Waals surface area (Å²) >= 11 is 0. The van der Waals surface area contributed by atoms with Crippen molar-refractivity contribution in [1.82, 2.24) is 14.8 Å². The Morgan fingerprint density at radius 2 is 1.93 bits per heavy atom. The summed E-state index contributed by atoms with van der Waals surface area (Å²) < 4.78 is 41.4. The van der Waals surface area contributed by atoms with Crippen LogP contribution in [0.4, 0.5) is 13.2 Å². The fourth-order valence-corrected chi connectivity index (χ4v) is 3.91. The summed E-state index contributed by atoms with van der Waals surface area (Å²) in [7, 11) is 1.85. The maximum Gasteiger partial charge on any atom is 0.431 e. The van der Waals surface area contributed by atoms with E-state index in [1.165, 1.54) is 0 Å². The lowest BCUT2D eigenvalue weighted by atomic mass is 9.85. The summed E-state index contributed by atoms with van der Waals surface area (Å²) in [6.07, 6.45) is 0.922. The lowest BCUT2D eigenvalue weighted by molar-refractivity contribution is -0.0919. The predicted molar refractivity (Wildman–Crippen MR) is 98.6 cm³/mol. The van der Waals surface area contributed by atoms with Gasteiger partial charge in [-0.1, -0.05) is 0 Å². The number of hydrogen-bond acceptors (Lipinski definition) is 4. The molecule has 0 unspecified atom stereocenters. The van der Waals surface area contributed by atoms with Crippen molar-refractivity contribution in [3.63, 3.8) is 0 Å². The molecule has 4 rings (SSSR count). The van der Waals surface area contributed by atoms with E-state index in [-0.39, 0.29) is 11.3 Å². The molecule has 2 heterocycles. The van der Waals surface area contributed by atoms with Gasteiger partial charge in [0.15, 0.2) is 0 Å². The highest BCUT2D eigenvalue weighted by Gasteiger charge is 2.35. The highest BCUT2D eigenvalue weighted by Crippen LogP contribution is 2.38. The van der Waals surface area contributed by atoms with E-state index in [0.717, 1.165) is 46.7 Å². The van der Waals surface area contributed by atoms with Crippen molar-refractivity contribution in [2.75, 3.05) is 0 Å². The van der Waals surface area contributed by atoms with Crippen molar-refractivity contribution >= 4 is 33.6 Å². The van der Waals surface area contributed by atoms with Gasteiger partial charge in [0.1, 0.15) is 5.70 Å². The lowest BCUT2D eigenvalue weighted by Crippen LogP contribution is -2.23. The first-order chi connectivity index (χ1) is 12.8. The Morgan fingerprint density at radius 1 is 1.22 bits per heavy atom. The number of nitrogens with zero attached hydrogens (tertiary/aromatic N) is 3. The molecule has 3 aromatic rings. The Balaban J connectivity index is 2.12. The maximum atomic E-state index is 13.2. The number of alkyl halides is 3. The van der Waals surface area contributed by atoms with Crippen LogP contribution in [0.3, 0.4) is 0 Å². The van der Waals surface area contributed by atoms with Crippen LogP contribution in [0, 0.1) is 5.41 Å². The summed E-state index contributed by atoms with van der Waals surface area (Å²) in [4.78, 5) is 4.53. The van der Waals surface area contributed by atoms with Gasteiger partial charge in [-0.2, -0.15) is 18.3 Å². The molecule has 0 aliphatic heterocycles. The first-order valence-corrected chi connectivity index (χ1v) is 8.67. The van der Waals surface area contributed by atoms with Crippen LogP contribution in [0.25, 0.3) is 27.4 Å². The molecule has 140 valence electrons. The molecule has 0 spiro atoms. The SMILES string of the molecule is Cn1ncc2c3c4c(c(C(C=N)=C(N)C(F)(F)F)nc3ccc21)CCCC4. The van der Waals surface area contributed by atoms with Gasteiger partial charge in [-0.25, -0.2) is 4.98 Å². The highest BCUT2D eigenvalue weighted by atomic mass is 19.4. The number of nitrogens with two attached hydrogens (primary N) is 1. The molecule has 0 saturated carbocycles. The molecule has 0 saturated heterocycles. The van der Waals surface area contributed by atoms with Crippen LogP contribution in [0.15, 0.2) is 24.0 Å². The van der Waals surface area contributed by atoms with Crippen molar-refractivity contribution in [3.8, 4) is 0 Å². The summed E-state index contributed by atoms with van der Waals surface area (Å²) in [6.45, 7) is 0. The number of aromatic nitrogens is 3. The van der Waals surface area contributed by atoms with Crippen molar-refractivity contribution in [2.24, 2.45) is 12.8 Å². The highest BCUT2D eigenvalue weighted by molar-refractivity contribution is 6.12.